The van der Waals surface area contributed by atoms with Crippen molar-refractivity contribution in [2.75, 3.05) is 30.3 Å². The van der Waals surface area contributed by atoms with E-state index in [1.165, 1.54) is 4.90 Å². The predicted molar refractivity (Wildman–Crippen MR) is 182 cm³/mol. The molecule has 2 aromatic carbocycles. The minimum absolute atomic E-state index is 0.172. The highest BCUT2D eigenvalue weighted by Gasteiger charge is 2.55. The van der Waals surface area contributed by atoms with Crippen molar-refractivity contribution in [2.24, 2.45) is 0 Å². The van der Waals surface area contributed by atoms with Crippen molar-refractivity contribution in [3.8, 4) is 0 Å². The molecule has 0 spiro atoms. The van der Waals surface area contributed by atoms with Gasteiger partial charge in [-0.2, -0.15) is 0 Å². The van der Waals surface area contributed by atoms with Gasteiger partial charge in [0.25, 0.3) is 22.7 Å². The van der Waals surface area contributed by atoms with Crippen LogP contribution in [0.15, 0.2) is 36.4 Å². The van der Waals surface area contributed by atoms with E-state index in [0.29, 0.717) is 12.1 Å². The van der Waals surface area contributed by atoms with Crippen molar-refractivity contribution in [1.82, 2.24) is 4.90 Å². The summed E-state index contributed by atoms with van der Waals surface area (Å²) < 4.78 is 21.9. The maximum absolute atomic E-state index is 11.8. The van der Waals surface area contributed by atoms with E-state index in [4.69, 9.17) is 18.9 Å². The molecule has 27 nitrogen and oxygen atoms in total. The number of nitro benzene ring substituents is 4. The van der Waals surface area contributed by atoms with Gasteiger partial charge in [0, 0.05) is 25.2 Å². The predicted octanol–water partition coefficient (Wildman–Crippen LogP) is -3.39. The number of ether oxygens (including phenoxy) is 4. The number of hydrogen-bond acceptors (Lipinski definition) is 23. The molecule has 6 rings (SSSR count). The first-order chi connectivity index (χ1) is 26.9. The molecular weight excluding hydrogens is 778 g/mol. The first-order valence-electron chi connectivity index (χ1n) is 17.0. The molecule has 15 atom stereocenters. The third-order valence-electron chi connectivity index (χ3n) is 10.2. The zero-order chi connectivity index (χ0) is 41.6. The average Bonchev–Trinajstić information content (AvgIpc) is 3.62. The normalized spacial score (nSPS) is 36.4. The number of anilines is 2. The van der Waals surface area contributed by atoms with E-state index >= 15 is 0 Å². The third-order valence-corrected chi connectivity index (χ3v) is 10.2. The number of aliphatic hydroxyl groups excluding tert-OH is 8. The molecule has 4 heterocycles. The number of non-ortho nitro benzene ring substituents is 2. The van der Waals surface area contributed by atoms with Crippen LogP contribution in [0.5, 0.6) is 0 Å². The van der Waals surface area contributed by atoms with Crippen LogP contribution >= 0.6 is 0 Å². The number of aliphatic hydroxyl groups is 8. The van der Waals surface area contributed by atoms with Crippen molar-refractivity contribution >= 4 is 34.1 Å². The Hall–Kier alpha value is -4.88. The monoisotopic (exact) mass is 815 g/mol. The summed E-state index contributed by atoms with van der Waals surface area (Å²) in [5, 5.41) is 140. The van der Waals surface area contributed by atoms with Gasteiger partial charge in [-0.05, 0) is 12.1 Å². The molecule has 4 fully saturated rings. The van der Waals surface area contributed by atoms with E-state index in [9.17, 15) is 81.3 Å². The van der Waals surface area contributed by atoms with Crippen LogP contribution in [0.4, 0.5) is 34.1 Å². The fraction of sp³-hybridized carbons (Fsp3) is 0.600. The summed E-state index contributed by atoms with van der Waals surface area (Å²) >= 11 is 0. The topological polar surface area (TPSA) is 399 Å². The Morgan fingerprint density at radius 3 is 1.44 bits per heavy atom. The van der Waals surface area contributed by atoms with Gasteiger partial charge in [-0.15, -0.1) is 0 Å². The van der Waals surface area contributed by atoms with Crippen LogP contribution in [-0.2, 0) is 18.9 Å². The summed E-state index contributed by atoms with van der Waals surface area (Å²) in [6.45, 7) is -1.42. The zero-order valence-electron chi connectivity index (χ0n) is 29.0. The summed E-state index contributed by atoms with van der Waals surface area (Å²) in [5.41, 5.74) is -3.74. The molecule has 4 aliphatic heterocycles. The van der Waals surface area contributed by atoms with Crippen LogP contribution in [0.1, 0.15) is 0 Å². The van der Waals surface area contributed by atoms with Crippen LogP contribution in [0.3, 0.4) is 0 Å². The highest BCUT2D eigenvalue weighted by Crippen LogP contribution is 2.37. The summed E-state index contributed by atoms with van der Waals surface area (Å²) in [6, 6.07) is 0.203. The van der Waals surface area contributed by atoms with Gasteiger partial charge in [0.15, 0.2) is 18.9 Å². The molecule has 4 saturated heterocycles. The van der Waals surface area contributed by atoms with E-state index in [2.05, 4.69) is 10.6 Å². The Morgan fingerprint density at radius 1 is 0.596 bits per heavy atom. The number of rotatable bonds is 13. The number of nitro groups is 4. The fourth-order valence-corrected chi connectivity index (χ4v) is 7.31. The van der Waals surface area contributed by atoms with Crippen molar-refractivity contribution < 1.29 is 79.5 Å². The van der Waals surface area contributed by atoms with Crippen molar-refractivity contribution in [3.05, 3.63) is 76.9 Å². The summed E-state index contributed by atoms with van der Waals surface area (Å²) in [4.78, 5) is 43.5. The van der Waals surface area contributed by atoms with E-state index in [0.717, 1.165) is 24.3 Å². The van der Waals surface area contributed by atoms with Gasteiger partial charge in [0.2, 0.25) is 0 Å². The molecular formula is C30H37N7O20. The molecule has 0 amide bonds. The molecule has 0 aromatic heterocycles. The fourth-order valence-electron chi connectivity index (χ4n) is 7.31. The SMILES string of the molecule is O=[N+]([O-])c1ccc(N[C@H]2[C@H](O)[C@@H](CN(C[C@H]3OC(O)[C@H](O)[C@@H](Nc4ccc([N+](=O)[O-])cc4[N+](=O)[O-])[C@@H]3O)[C@H]3[C@H](O)[C@@H]4OC[C@@H](O4)[C@H]3O)OC(O)[C@@H]2O)c([N+](=O)[O-])c1. The second kappa shape index (κ2) is 16.5. The molecule has 0 aliphatic carbocycles. The van der Waals surface area contributed by atoms with Gasteiger partial charge < -0.3 is 70.4 Å². The minimum atomic E-state index is -2.10. The van der Waals surface area contributed by atoms with Gasteiger partial charge in [0.1, 0.15) is 66.3 Å². The lowest BCUT2D eigenvalue weighted by Crippen LogP contribution is -2.69. The molecule has 10 N–H and O–H groups in total. The van der Waals surface area contributed by atoms with Crippen LogP contribution in [0.25, 0.3) is 0 Å². The van der Waals surface area contributed by atoms with Gasteiger partial charge >= 0.3 is 0 Å². The molecule has 2 bridgehead atoms. The number of hydrogen-bond donors (Lipinski definition) is 10. The highest BCUT2D eigenvalue weighted by atomic mass is 16.7. The Labute approximate surface area is 317 Å². The maximum Gasteiger partial charge on any atom is 0.299 e. The second-order valence-corrected chi connectivity index (χ2v) is 13.7. The summed E-state index contributed by atoms with van der Waals surface area (Å²) in [6.07, 6.45) is -20.7. The molecule has 27 heteroatoms. The van der Waals surface area contributed by atoms with Gasteiger partial charge in [-0.25, -0.2) is 0 Å². The Kier molecular flexibility index (Phi) is 12.1. The first kappa shape index (κ1) is 41.7. The number of nitrogens with one attached hydrogen (secondary N) is 2. The van der Waals surface area contributed by atoms with Gasteiger partial charge in [-0.1, -0.05) is 0 Å². The lowest BCUT2D eigenvalue weighted by Gasteiger charge is -2.49. The third kappa shape index (κ3) is 8.27. The average molecular weight is 816 g/mol. The van der Waals surface area contributed by atoms with Crippen LogP contribution < -0.4 is 10.6 Å². The summed E-state index contributed by atoms with van der Waals surface area (Å²) in [7, 11) is 0. The molecule has 4 aliphatic rings. The molecule has 0 radical (unpaired) electrons. The molecule has 57 heavy (non-hydrogen) atoms. The molecule has 2 aromatic rings. The standard InChI is InChI=1S/C30H37N7O20/c38-22-16(55-28(44)25(41)19(22)31-12-3-1-10(34(46)47)5-14(12)36(50)51)7-33(21-24(40)18-9-54-30(57-18)27(21)43)8-17-23(39)20(26(42)29(45)56-17)32-13-4-2-11(35(48)49)6-15(13)37(52)53/h1-6,16-32,38-45H,7-9H2/t16-,17-,18-,19+,20+,21-,22-,23-,24-,25-,26-,27+,28?,29?,30-/m1/s1. The zero-order valence-corrected chi connectivity index (χ0v) is 29.0. The molecule has 2 unspecified atom stereocenters. The van der Waals surface area contributed by atoms with Crippen molar-refractivity contribution in [1.29, 1.82) is 0 Å². The maximum atomic E-state index is 11.8. The van der Waals surface area contributed by atoms with Crippen molar-refractivity contribution in [2.45, 2.75) is 91.9 Å². The van der Waals surface area contributed by atoms with E-state index in [1.807, 2.05) is 0 Å². The lowest BCUT2D eigenvalue weighted by atomic mass is 9.90. The van der Waals surface area contributed by atoms with Crippen molar-refractivity contribution in [3.63, 3.8) is 0 Å². The molecule has 0 saturated carbocycles. The number of fused-ring (bicyclic) bond motifs is 2. The Balaban J connectivity index is 1.30. The van der Waals surface area contributed by atoms with E-state index < -0.39 is 159 Å². The number of nitrogens with zero attached hydrogens (tertiary/aromatic N) is 5. The molecule has 312 valence electrons. The quantitative estimate of drug-likeness (QED) is 0.0696. The van der Waals surface area contributed by atoms with Crippen LogP contribution in [-0.4, -0.2) is 177 Å². The highest BCUT2D eigenvalue weighted by molar-refractivity contribution is 5.67. The smallest absolute Gasteiger partial charge is 0.299 e. The first-order valence-corrected chi connectivity index (χ1v) is 17.0. The van der Waals surface area contributed by atoms with Crippen LogP contribution in [0, 0.1) is 40.5 Å². The van der Waals surface area contributed by atoms with Crippen LogP contribution in [0.2, 0.25) is 0 Å². The second-order valence-electron chi connectivity index (χ2n) is 13.7. The van der Waals surface area contributed by atoms with E-state index in [-0.39, 0.29) is 6.61 Å². The van der Waals surface area contributed by atoms with Gasteiger partial charge in [-0.3, -0.25) is 45.4 Å². The Bertz CT molecular complexity index is 1730. The summed E-state index contributed by atoms with van der Waals surface area (Å²) in [5.74, 6) is 0. The largest absolute Gasteiger partial charge is 0.389 e. The van der Waals surface area contributed by atoms with Gasteiger partial charge in [0.05, 0.1) is 56.6 Å². The number of benzene rings is 2. The van der Waals surface area contributed by atoms with E-state index in [1.54, 1.807) is 0 Å². The Morgan fingerprint density at radius 2 is 1.04 bits per heavy atom. The minimum Gasteiger partial charge on any atom is -0.389 e. The lowest BCUT2D eigenvalue weighted by molar-refractivity contribution is -0.393.